The molecule has 0 aliphatic rings. The fraction of sp³-hybridized carbons (Fsp3) is 0.375. The van der Waals surface area contributed by atoms with Gasteiger partial charge in [-0.1, -0.05) is 6.07 Å². The lowest BCUT2D eigenvalue weighted by atomic mass is 10.2. The number of anilines is 1. The summed E-state index contributed by atoms with van der Waals surface area (Å²) in [5.74, 6) is -0.181. The minimum atomic E-state index is -0.530. The third kappa shape index (κ3) is 4.68. The number of amides is 1. The minimum absolute atomic E-state index is 0.181. The van der Waals surface area contributed by atoms with Crippen molar-refractivity contribution in [3.8, 4) is 5.69 Å². The minimum Gasteiger partial charge on any atom is -0.379 e. The van der Waals surface area contributed by atoms with Crippen LogP contribution in [0, 0.1) is 0 Å². The molecular weight excluding hydrogens is 282 g/mol. The van der Waals surface area contributed by atoms with Crippen molar-refractivity contribution in [1.29, 1.82) is 0 Å². The van der Waals surface area contributed by atoms with Crippen molar-refractivity contribution in [3.63, 3.8) is 0 Å². The molecule has 0 radical (unpaired) electrons. The van der Waals surface area contributed by atoms with Crippen LogP contribution in [-0.2, 0) is 14.3 Å². The van der Waals surface area contributed by atoms with Crippen LogP contribution in [0.5, 0.6) is 0 Å². The highest BCUT2D eigenvalue weighted by atomic mass is 16.5. The molecule has 0 unspecified atom stereocenters. The Hall–Kier alpha value is -2.18. The smallest absolute Gasteiger partial charge is 0.253 e. The Bertz CT molecular complexity index is 584. The first-order chi connectivity index (χ1) is 10.7. The zero-order valence-electron chi connectivity index (χ0n) is 12.9. The fourth-order valence-electron chi connectivity index (χ4n) is 1.90. The third-order valence-corrected chi connectivity index (χ3v) is 3.09. The molecule has 1 atom stereocenters. The van der Waals surface area contributed by atoms with Gasteiger partial charge in [0.05, 0.1) is 19.5 Å². The van der Waals surface area contributed by atoms with Crippen LogP contribution in [0.3, 0.4) is 0 Å². The van der Waals surface area contributed by atoms with Crippen molar-refractivity contribution in [2.75, 3.05) is 25.1 Å². The second-order valence-corrected chi connectivity index (χ2v) is 4.72. The number of nitrogens with one attached hydrogen (secondary N) is 1. The lowest BCUT2D eigenvalue weighted by molar-refractivity contribution is -0.127. The Labute approximate surface area is 130 Å². The van der Waals surface area contributed by atoms with E-state index < -0.39 is 6.10 Å². The molecule has 2 aromatic rings. The number of ether oxygens (including phenoxy) is 2. The van der Waals surface area contributed by atoms with Crippen LogP contribution in [0.4, 0.5) is 5.69 Å². The molecule has 22 heavy (non-hydrogen) atoms. The van der Waals surface area contributed by atoms with E-state index in [1.807, 2.05) is 42.0 Å². The van der Waals surface area contributed by atoms with Gasteiger partial charge in [0, 0.05) is 30.4 Å². The number of carbonyl (C=O) groups excluding carboxylic acids is 1. The molecule has 1 aromatic heterocycles. The second kappa shape index (κ2) is 8.31. The zero-order valence-corrected chi connectivity index (χ0v) is 12.9. The number of hydrogen-bond donors (Lipinski definition) is 1. The normalized spacial score (nSPS) is 12.1. The van der Waals surface area contributed by atoms with Gasteiger partial charge in [-0.25, -0.2) is 4.98 Å². The molecule has 0 aliphatic heterocycles. The number of rotatable bonds is 8. The van der Waals surface area contributed by atoms with Crippen LogP contribution < -0.4 is 5.32 Å². The summed E-state index contributed by atoms with van der Waals surface area (Å²) in [4.78, 5) is 16.1. The summed E-state index contributed by atoms with van der Waals surface area (Å²) >= 11 is 0. The Kier molecular flexibility index (Phi) is 6.12. The quantitative estimate of drug-likeness (QED) is 0.760. The van der Waals surface area contributed by atoms with Crippen molar-refractivity contribution >= 4 is 11.6 Å². The van der Waals surface area contributed by atoms with Gasteiger partial charge in [-0.2, -0.15) is 0 Å². The van der Waals surface area contributed by atoms with Crippen molar-refractivity contribution in [3.05, 3.63) is 43.0 Å². The van der Waals surface area contributed by atoms with Crippen LogP contribution in [0.2, 0.25) is 0 Å². The van der Waals surface area contributed by atoms with E-state index in [1.165, 1.54) is 0 Å². The standard InChI is InChI=1S/C16H21N3O3/c1-3-21-9-10-22-13(2)16(20)18-14-5-4-6-15(11-14)19-8-7-17-12-19/h4-8,11-13H,3,9-10H2,1-2H3,(H,18,20)/t13-/m0/s1. The summed E-state index contributed by atoms with van der Waals surface area (Å²) < 4.78 is 12.5. The molecule has 2 rings (SSSR count). The van der Waals surface area contributed by atoms with E-state index in [4.69, 9.17) is 9.47 Å². The molecule has 0 aliphatic carbocycles. The van der Waals surface area contributed by atoms with Crippen molar-refractivity contribution < 1.29 is 14.3 Å². The molecule has 0 saturated carbocycles. The lowest BCUT2D eigenvalue weighted by Gasteiger charge is -2.14. The predicted octanol–water partition coefficient (Wildman–Crippen LogP) is 2.25. The summed E-state index contributed by atoms with van der Waals surface area (Å²) in [7, 11) is 0. The van der Waals surface area contributed by atoms with Gasteiger partial charge in [0.15, 0.2) is 0 Å². The average molecular weight is 303 g/mol. The van der Waals surface area contributed by atoms with E-state index in [2.05, 4.69) is 10.3 Å². The van der Waals surface area contributed by atoms with Crippen molar-refractivity contribution in [2.45, 2.75) is 20.0 Å². The van der Waals surface area contributed by atoms with Crippen LogP contribution >= 0.6 is 0 Å². The number of carbonyl (C=O) groups is 1. The Morgan fingerprint density at radius 3 is 3.00 bits per heavy atom. The van der Waals surface area contributed by atoms with E-state index in [9.17, 15) is 4.79 Å². The first kappa shape index (κ1) is 16.2. The van der Waals surface area contributed by atoms with Gasteiger partial charge < -0.3 is 19.4 Å². The molecule has 0 spiro atoms. The highest BCUT2D eigenvalue weighted by Gasteiger charge is 2.13. The maximum atomic E-state index is 12.1. The summed E-state index contributed by atoms with van der Waals surface area (Å²) in [5, 5.41) is 2.85. The summed E-state index contributed by atoms with van der Waals surface area (Å²) in [6, 6.07) is 7.54. The van der Waals surface area contributed by atoms with Gasteiger partial charge in [0.2, 0.25) is 0 Å². The zero-order chi connectivity index (χ0) is 15.8. The predicted molar refractivity (Wildman–Crippen MR) is 84.1 cm³/mol. The third-order valence-electron chi connectivity index (χ3n) is 3.09. The number of nitrogens with zero attached hydrogens (tertiary/aromatic N) is 2. The van der Waals surface area contributed by atoms with Crippen molar-refractivity contribution in [2.24, 2.45) is 0 Å². The monoisotopic (exact) mass is 303 g/mol. The molecule has 1 amide bonds. The Morgan fingerprint density at radius 1 is 1.41 bits per heavy atom. The van der Waals surface area contributed by atoms with Gasteiger partial charge >= 0.3 is 0 Å². The molecule has 118 valence electrons. The number of benzene rings is 1. The van der Waals surface area contributed by atoms with Gasteiger partial charge in [0.1, 0.15) is 6.10 Å². The van der Waals surface area contributed by atoms with Crippen LogP contribution in [-0.4, -0.2) is 41.4 Å². The number of imidazole rings is 1. The van der Waals surface area contributed by atoms with Crippen LogP contribution in [0.25, 0.3) is 5.69 Å². The fourth-order valence-corrected chi connectivity index (χ4v) is 1.90. The summed E-state index contributed by atoms with van der Waals surface area (Å²) in [5.41, 5.74) is 1.65. The molecule has 0 saturated heterocycles. The van der Waals surface area contributed by atoms with E-state index in [1.54, 1.807) is 19.4 Å². The average Bonchev–Trinajstić information content (AvgIpc) is 3.06. The highest BCUT2D eigenvalue weighted by Crippen LogP contribution is 2.14. The maximum Gasteiger partial charge on any atom is 0.253 e. The van der Waals surface area contributed by atoms with Gasteiger partial charge in [-0.3, -0.25) is 4.79 Å². The number of hydrogen-bond acceptors (Lipinski definition) is 4. The molecule has 6 nitrogen and oxygen atoms in total. The second-order valence-electron chi connectivity index (χ2n) is 4.72. The van der Waals surface area contributed by atoms with E-state index in [0.717, 1.165) is 11.4 Å². The first-order valence-electron chi connectivity index (χ1n) is 7.29. The Morgan fingerprint density at radius 2 is 2.27 bits per heavy atom. The maximum absolute atomic E-state index is 12.1. The van der Waals surface area contributed by atoms with Gasteiger partial charge in [0.25, 0.3) is 5.91 Å². The van der Waals surface area contributed by atoms with E-state index in [-0.39, 0.29) is 5.91 Å². The molecule has 1 aromatic carbocycles. The summed E-state index contributed by atoms with van der Waals surface area (Å²) in [6.45, 7) is 5.18. The van der Waals surface area contributed by atoms with Gasteiger partial charge in [-0.05, 0) is 32.0 Å². The first-order valence-corrected chi connectivity index (χ1v) is 7.29. The molecule has 6 heteroatoms. The highest BCUT2D eigenvalue weighted by molar-refractivity contribution is 5.94. The van der Waals surface area contributed by atoms with E-state index in [0.29, 0.717) is 19.8 Å². The van der Waals surface area contributed by atoms with Crippen LogP contribution in [0.15, 0.2) is 43.0 Å². The molecule has 1 N–H and O–H groups in total. The molecular formula is C16H21N3O3. The largest absolute Gasteiger partial charge is 0.379 e. The molecule has 1 heterocycles. The van der Waals surface area contributed by atoms with Crippen LogP contribution in [0.1, 0.15) is 13.8 Å². The SMILES string of the molecule is CCOCCO[C@@H](C)C(=O)Nc1cccc(-n2ccnc2)c1. The number of aromatic nitrogens is 2. The van der Waals surface area contributed by atoms with Gasteiger partial charge in [-0.15, -0.1) is 0 Å². The Balaban J connectivity index is 1.90. The molecule has 0 fully saturated rings. The van der Waals surface area contributed by atoms with E-state index >= 15 is 0 Å². The lowest BCUT2D eigenvalue weighted by Crippen LogP contribution is -2.28. The molecule has 0 bridgehead atoms. The van der Waals surface area contributed by atoms with Crippen molar-refractivity contribution in [1.82, 2.24) is 9.55 Å². The topological polar surface area (TPSA) is 65.4 Å². The summed E-state index contributed by atoms with van der Waals surface area (Å²) in [6.07, 6.45) is 4.73.